The molecule has 2 aliphatic heterocycles. The summed E-state index contributed by atoms with van der Waals surface area (Å²) >= 11 is 0. The summed E-state index contributed by atoms with van der Waals surface area (Å²) in [5, 5.41) is 9.03. The highest BCUT2D eigenvalue weighted by Crippen LogP contribution is 2.18. The lowest BCUT2D eigenvalue weighted by molar-refractivity contribution is -0.117. The van der Waals surface area contributed by atoms with E-state index in [9.17, 15) is 4.79 Å². The van der Waals surface area contributed by atoms with Crippen molar-refractivity contribution in [3.8, 4) is 0 Å². The molecule has 0 aromatic heterocycles. The van der Waals surface area contributed by atoms with E-state index >= 15 is 0 Å². The number of rotatable bonds is 2. The summed E-state index contributed by atoms with van der Waals surface area (Å²) < 4.78 is 0. The first-order chi connectivity index (χ1) is 7.81. The molecule has 2 rings (SSSR count). The van der Waals surface area contributed by atoms with Crippen LogP contribution < -0.4 is 16.0 Å². The zero-order valence-corrected chi connectivity index (χ0v) is 9.47. The van der Waals surface area contributed by atoms with Gasteiger partial charge in [-0.05, 0) is 30.2 Å². The molecule has 2 aliphatic rings. The Morgan fingerprint density at radius 3 is 2.81 bits per heavy atom. The number of dihydropyridines is 1. The first-order valence-electron chi connectivity index (χ1n) is 5.58. The van der Waals surface area contributed by atoms with E-state index in [1.165, 1.54) is 11.1 Å². The lowest BCUT2D eigenvalue weighted by atomic mass is 9.98. The average Bonchev–Trinajstić information content (AvgIpc) is 2.39. The summed E-state index contributed by atoms with van der Waals surface area (Å²) in [5.74, 6) is -0.0606. The van der Waals surface area contributed by atoms with E-state index in [-0.39, 0.29) is 5.91 Å². The largest absolute Gasteiger partial charge is 0.377 e. The second kappa shape index (κ2) is 4.99. The summed E-state index contributed by atoms with van der Waals surface area (Å²) in [5.41, 5.74) is 3.31. The Balaban J connectivity index is 2.09. The third-order valence-corrected chi connectivity index (χ3v) is 2.87. The van der Waals surface area contributed by atoms with E-state index in [0.29, 0.717) is 5.70 Å². The van der Waals surface area contributed by atoms with Crippen LogP contribution in [0.25, 0.3) is 0 Å². The van der Waals surface area contributed by atoms with Gasteiger partial charge in [-0.15, -0.1) is 0 Å². The normalized spacial score (nSPS) is 20.2. The van der Waals surface area contributed by atoms with Crippen molar-refractivity contribution in [3.63, 3.8) is 0 Å². The van der Waals surface area contributed by atoms with Crippen LogP contribution in [0.2, 0.25) is 0 Å². The molecule has 0 unspecified atom stereocenters. The number of carbonyl (C=O) groups excluding carboxylic acids is 1. The van der Waals surface area contributed by atoms with Gasteiger partial charge in [-0.25, -0.2) is 0 Å². The van der Waals surface area contributed by atoms with Gasteiger partial charge < -0.3 is 16.0 Å². The molecular weight excluding hydrogens is 202 g/mol. The quantitative estimate of drug-likeness (QED) is 0.616. The maximum Gasteiger partial charge on any atom is 0.267 e. The van der Waals surface area contributed by atoms with Crippen LogP contribution in [-0.4, -0.2) is 32.6 Å². The Morgan fingerprint density at radius 1 is 1.38 bits per heavy atom. The fourth-order valence-electron chi connectivity index (χ4n) is 1.92. The third kappa shape index (κ3) is 2.33. The minimum atomic E-state index is -0.0606. The van der Waals surface area contributed by atoms with E-state index < -0.39 is 0 Å². The molecule has 4 heteroatoms. The Bertz CT molecular complexity index is 380. The zero-order chi connectivity index (χ0) is 11.4. The van der Waals surface area contributed by atoms with Crippen LogP contribution in [0.5, 0.6) is 0 Å². The Morgan fingerprint density at radius 2 is 2.25 bits per heavy atom. The monoisotopic (exact) mass is 219 g/mol. The van der Waals surface area contributed by atoms with E-state index in [2.05, 4.69) is 22.0 Å². The predicted octanol–water partition coefficient (Wildman–Crippen LogP) is 0.0656. The molecule has 0 spiro atoms. The van der Waals surface area contributed by atoms with Crippen LogP contribution in [0.1, 0.15) is 6.42 Å². The van der Waals surface area contributed by atoms with E-state index in [4.69, 9.17) is 0 Å². The lowest BCUT2D eigenvalue weighted by Gasteiger charge is -2.21. The number of carbonyl (C=O) groups is 1. The number of hydrogen-bond donors (Lipinski definition) is 3. The number of likely N-dealkylation sites (N-methyl/N-ethyl adjacent to an activating group) is 1. The van der Waals surface area contributed by atoms with Gasteiger partial charge in [0, 0.05) is 20.1 Å². The van der Waals surface area contributed by atoms with Gasteiger partial charge in [-0.3, -0.25) is 4.79 Å². The van der Waals surface area contributed by atoms with Gasteiger partial charge in [0.25, 0.3) is 5.91 Å². The minimum Gasteiger partial charge on any atom is -0.377 e. The van der Waals surface area contributed by atoms with Crippen LogP contribution in [0.3, 0.4) is 0 Å². The molecule has 1 amide bonds. The van der Waals surface area contributed by atoms with Gasteiger partial charge in [0.2, 0.25) is 0 Å². The number of hydrogen-bond acceptors (Lipinski definition) is 3. The molecule has 2 heterocycles. The van der Waals surface area contributed by atoms with Crippen molar-refractivity contribution in [1.82, 2.24) is 16.0 Å². The van der Waals surface area contributed by atoms with Gasteiger partial charge in [-0.1, -0.05) is 12.2 Å². The third-order valence-electron chi connectivity index (χ3n) is 2.87. The van der Waals surface area contributed by atoms with Gasteiger partial charge >= 0.3 is 0 Å². The standard InChI is InChI=1S/C12H17N3O/c1-13-12(16)11-3-2-10(8-15-11)9-4-6-14-7-5-9/h2-4,14-15H,5-8H2,1H3,(H,13,16). The van der Waals surface area contributed by atoms with E-state index in [1.54, 1.807) is 7.05 Å². The molecule has 16 heavy (non-hydrogen) atoms. The van der Waals surface area contributed by atoms with Crippen LogP contribution in [-0.2, 0) is 4.79 Å². The van der Waals surface area contributed by atoms with Crippen LogP contribution in [0.4, 0.5) is 0 Å². The molecule has 0 saturated carbocycles. The molecule has 0 aromatic rings. The fraction of sp³-hybridized carbons (Fsp3) is 0.417. The topological polar surface area (TPSA) is 53.2 Å². The Hall–Kier alpha value is -1.55. The highest BCUT2D eigenvalue weighted by atomic mass is 16.1. The summed E-state index contributed by atoms with van der Waals surface area (Å²) in [6.07, 6.45) is 7.17. The maximum absolute atomic E-state index is 11.4. The molecule has 0 atom stereocenters. The number of allylic oxidation sites excluding steroid dienone is 2. The fourth-order valence-corrected chi connectivity index (χ4v) is 1.92. The van der Waals surface area contributed by atoms with Crippen molar-refractivity contribution in [2.45, 2.75) is 6.42 Å². The predicted molar refractivity (Wildman–Crippen MR) is 63.8 cm³/mol. The van der Waals surface area contributed by atoms with Crippen LogP contribution in [0.15, 0.2) is 35.1 Å². The van der Waals surface area contributed by atoms with Crippen molar-refractivity contribution in [2.75, 3.05) is 26.7 Å². The molecule has 0 saturated heterocycles. The Kier molecular flexibility index (Phi) is 3.41. The molecule has 86 valence electrons. The molecule has 0 bridgehead atoms. The summed E-state index contributed by atoms with van der Waals surface area (Å²) in [7, 11) is 1.64. The van der Waals surface area contributed by atoms with Crippen molar-refractivity contribution < 1.29 is 4.79 Å². The molecule has 0 aliphatic carbocycles. The van der Waals surface area contributed by atoms with Crippen molar-refractivity contribution in [2.24, 2.45) is 0 Å². The summed E-state index contributed by atoms with van der Waals surface area (Å²) in [6, 6.07) is 0. The minimum absolute atomic E-state index is 0.0606. The molecule has 0 aromatic carbocycles. The highest BCUT2D eigenvalue weighted by Gasteiger charge is 2.14. The maximum atomic E-state index is 11.4. The number of nitrogens with one attached hydrogen (secondary N) is 3. The molecule has 0 radical (unpaired) electrons. The van der Waals surface area contributed by atoms with Gasteiger partial charge in [0.05, 0.1) is 0 Å². The zero-order valence-electron chi connectivity index (χ0n) is 9.47. The molecule has 3 N–H and O–H groups in total. The van der Waals surface area contributed by atoms with Gasteiger partial charge in [0.1, 0.15) is 5.70 Å². The molecule has 0 fully saturated rings. The summed E-state index contributed by atoms with van der Waals surface area (Å²) in [6.45, 7) is 2.72. The average molecular weight is 219 g/mol. The van der Waals surface area contributed by atoms with E-state index in [0.717, 1.165) is 26.1 Å². The molecular formula is C12H17N3O. The smallest absolute Gasteiger partial charge is 0.267 e. The van der Waals surface area contributed by atoms with Gasteiger partial charge in [-0.2, -0.15) is 0 Å². The second-order valence-electron chi connectivity index (χ2n) is 3.89. The molecule has 4 nitrogen and oxygen atoms in total. The Labute approximate surface area is 95.5 Å². The van der Waals surface area contributed by atoms with E-state index in [1.807, 2.05) is 12.2 Å². The highest BCUT2D eigenvalue weighted by molar-refractivity contribution is 5.93. The van der Waals surface area contributed by atoms with Crippen LogP contribution in [0, 0.1) is 0 Å². The number of amides is 1. The second-order valence-corrected chi connectivity index (χ2v) is 3.89. The van der Waals surface area contributed by atoms with Crippen molar-refractivity contribution in [3.05, 3.63) is 35.1 Å². The first kappa shape index (κ1) is 11.0. The lowest BCUT2D eigenvalue weighted by Crippen LogP contribution is -2.32. The van der Waals surface area contributed by atoms with Crippen molar-refractivity contribution in [1.29, 1.82) is 0 Å². The van der Waals surface area contributed by atoms with Crippen molar-refractivity contribution >= 4 is 5.91 Å². The SMILES string of the molecule is CNC(=O)C1=CC=C(C2=CCNCC2)CN1. The van der Waals surface area contributed by atoms with Gasteiger partial charge in [0.15, 0.2) is 0 Å². The first-order valence-corrected chi connectivity index (χ1v) is 5.58. The van der Waals surface area contributed by atoms with Crippen LogP contribution >= 0.6 is 0 Å². The summed E-state index contributed by atoms with van der Waals surface area (Å²) in [4.78, 5) is 11.4.